The highest BCUT2D eigenvalue weighted by atomic mass is 32.2. The number of hydrogen-bond donors (Lipinski definition) is 2. The van der Waals surface area contributed by atoms with Gasteiger partial charge in [0.2, 0.25) is 15.9 Å². The Kier molecular flexibility index (Phi) is 5.66. The second-order valence-electron chi connectivity index (χ2n) is 5.42. The number of carbonyl (C=O) groups is 2. The number of rotatable bonds is 6. The Balaban J connectivity index is 2.08. The van der Waals surface area contributed by atoms with E-state index < -0.39 is 27.8 Å². The molecule has 1 atom stereocenters. The molecule has 0 bridgehead atoms. The third-order valence-corrected chi connectivity index (χ3v) is 4.95. The summed E-state index contributed by atoms with van der Waals surface area (Å²) in [4.78, 5) is 23.2. The smallest absolute Gasteiger partial charge is 0.242 e. The summed E-state index contributed by atoms with van der Waals surface area (Å²) < 4.78 is 39.9. The lowest BCUT2D eigenvalue weighted by Crippen LogP contribution is -2.41. The van der Waals surface area contributed by atoms with Gasteiger partial charge in [0, 0.05) is 11.3 Å². The molecule has 0 aliphatic carbocycles. The van der Waals surface area contributed by atoms with Crippen molar-refractivity contribution in [1.29, 1.82) is 0 Å². The molecule has 0 heterocycles. The number of benzene rings is 2. The van der Waals surface area contributed by atoms with Crippen LogP contribution in [0.25, 0.3) is 0 Å². The third-order valence-electron chi connectivity index (χ3n) is 3.39. The zero-order chi connectivity index (χ0) is 18.6. The standard InChI is InChI=1S/C17H17FN2O4S/c1-11(17(22)19-15-5-3-4-14(18)10-15)20-25(23,24)16-8-6-13(7-9-16)12(2)21/h3-11,20H,1-2H3,(H,19,22)/t11-/m0/s1. The van der Waals surface area contributed by atoms with Crippen molar-refractivity contribution in [3.8, 4) is 0 Å². The average molecular weight is 364 g/mol. The number of anilines is 1. The van der Waals surface area contributed by atoms with Gasteiger partial charge in [0.05, 0.1) is 10.9 Å². The van der Waals surface area contributed by atoms with Crippen molar-refractivity contribution in [2.75, 3.05) is 5.32 Å². The van der Waals surface area contributed by atoms with Crippen molar-refractivity contribution in [2.24, 2.45) is 0 Å². The summed E-state index contributed by atoms with van der Waals surface area (Å²) in [5.74, 6) is -1.33. The van der Waals surface area contributed by atoms with Crippen molar-refractivity contribution >= 4 is 27.4 Å². The van der Waals surface area contributed by atoms with Gasteiger partial charge in [-0.1, -0.05) is 18.2 Å². The molecule has 0 saturated carbocycles. The van der Waals surface area contributed by atoms with E-state index in [-0.39, 0.29) is 16.4 Å². The first-order chi connectivity index (χ1) is 11.7. The Morgan fingerprint density at radius 2 is 1.72 bits per heavy atom. The molecular formula is C17H17FN2O4S. The zero-order valence-corrected chi connectivity index (χ0v) is 14.4. The summed E-state index contributed by atoms with van der Waals surface area (Å²) in [6.45, 7) is 2.75. The number of nitrogens with one attached hydrogen (secondary N) is 2. The fraction of sp³-hybridized carbons (Fsp3) is 0.176. The van der Waals surface area contributed by atoms with Crippen LogP contribution in [0, 0.1) is 5.82 Å². The average Bonchev–Trinajstić information content (AvgIpc) is 2.54. The molecule has 0 unspecified atom stereocenters. The van der Waals surface area contributed by atoms with Gasteiger partial charge in [-0.05, 0) is 44.2 Å². The lowest BCUT2D eigenvalue weighted by atomic mass is 10.2. The Labute approximate surface area is 145 Å². The van der Waals surface area contributed by atoms with Crippen LogP contribution in [0.2, 0.25) is 0 Å². The maximum atomic E-state index is 13.1. The fourth-order valence-electron chi connectivity index (χ4n) is 2.04. The third kappa shape index (κ3) is 4.94. The summed E-state index contributed by atoms with van der Waals surface area (Å²) in [6, 6.07) is 9.56. The topological polar surface area (TPSA) is 92.3 Å². The van der Waals surface area contributed by atoms with Crippen LogP contribution >= 0.6 is 0 Å². The summed E-state index contributed by atoms with van der Waals surface area (Å²) in [5.41, 5.74) is 0.609. The maximum absolute atomic E-state index is 13.1. The Morgan fingerprint density at radius 3 is 2.28 bits per heavy atom. The van der Waals surface area contributed by atoms with Gasteiger partial charge in [-0.25, -0.2) is 12.8 Å². The van der Waals surface area contributed by atoms with Crippen LogP contribution in [0.15, 0.2) is 53.4 Å². The minimum atomic E-state index is -3.94. The second kappa shape index (κ2) is 7.54. The fourth-order valence-corrected chi connectivity index (χ4v) is 3.24. The van der Waals surface area contributed by atoms with Crippen LogP contribution < -0.4 is 10.0 Å². The van der Waals surface area contributed by atoms with Gasteiger partial charge in [0.25, 0.3) is 0 Å². The summed E-state index contributed by atoms with van der Waals surface area (Å²) in [7, 11) is -3.94. The van der Waals surface area contributed by atoms with Crippen LogP contribution in [-0.4, -0.2) is 26.2 Å². The van der Waals surface area contributed by atoms with Gasteiger partial charge in [0.1, 0.15) is 5.82 Å². The van der Waals surface area contributed by atoms with Gasteiger partial charge in [0.15, 0.2) is 5.78 Å². The number of Topliss-reactive ketones (excluding diaryl/α,β-unsaturated/α-hetero) is 1. The van der Waals surface area contributed by atoms with Gasteiger partial charge < -0.3 is 5.32 Å². The first kappa shape index (κ1) is 18.8. The highest BCUT2D eigenvalue weighted by Gasteiger charge is 2.22. The molecule has 2 rings (SSSR count). The number of carbonyl (C=O) groups excluding carboxylic acids is 2. The molecule has 2 N–H and O–H groups in total. The predicted octanol–water partition coefficient (Wildman–Crippen LogP) is 2.33. The molecule has 6 nitrogen and oxygen atoms in total. The van der Waals surface area contributed by atoms with Gasteiger partial charge in [-0.3, -0.25) is 9.59 Å². The van der Waals surface area contributed by atoms with Crippen LogP contribution in [0.1, 0.15) is 24.2 Å². The molecule has 0 saturated heterocycles. The lowest BCUT2D eigenvalue weighted by Gasteiger charge is -2.14. The number of hydrogen-bond acceptors (Lipinski definition) is 4. The first-order valence-corrected chi connectivity index (χ1v) is 8.87. The Morgan fingerprint density at radius 1 is 1.08 bits per heavy atom. The molecule has 0 aliphatic heterocycles. The Bertz CT molecular complexity index is 895. The Hall–Kier alpha value is -2.58. The maximum Gasteiger partial charge on any atom is 0.242 e. The number of ketones is 1. The van der Waals surface area contributed by atoms with E-state index in [2.05, 4.69) is 10.0 Å². The molecule has 0 aliphatic rings. The molecule has 0 radical (unpaired) electrons. The lowest BCUT2D eigenvalue weighted by molar-refractivity contribution is -0.117. The summed E-state index contributed by atoms with van der Waals surface area (Å²) in [5, 5.41) is 2.43. The normalized spacial score (nSPS) is 12.4. The van der Waals surface area contributed by atoms with Gasteiger partial charge in [-0.15, -0.1) is 0 Å². The van der Waals surface area contributed by atoms with Gasteiger partial charge in [-0.2, -0.15) is 4.72 Å². The quantitative estimate of drug-likeness (QED) is 0.770. The van der Waals surface area contributed by atoms with Crippen molar-refractivity contribution in [3.05, 3.63) is 59.9 Å². The molecular weight excluding hydrogens is 347 g/mol. The van der Waals surface area contributed by atoms with E-state index in [4.69, 9.17) is 0 Å². The molecule has 132 valence electrons. The largest absolute Gasteiger partial charge is 0.325 e. The van der Waals surface area contributed by atoms with Crippen LogP contribution in [-0.2, 0) is 14.8 Å². The SMILES string of the molecule is CC(=O)c1ccc(S(=O)(=O)N[C@@H](C)C(=O)Nc2cccc(F)c2)cc1. The molecule has 0 spiro atoms. The number of amides is 1. The molecule has 25 heavy (non-hydrogen) atoms. The molecule has 1 amide bonds. The van der Waals surface area contributed by atoms with E-state index in [0.717, 1.165) is 6.07 Å². The monoisotopic (exact) mass is 364 g/mol. The van der Waals surface area contributed by atoms with E-state index in [1.807, 2.05) is 0 Å². The van der Waals surface area contributed by atoms with Crippen LogP contribution in [0.5, 0.6) is 0 Å². The number of sulfonamides is 1. The predicted molar refractivity (Wildman–Crippen MR) is 91.3 cm³/mol. The van der Waals surface area contributed by atoms with Crippen LogP contribution in [0.4, 0.5) is 10.1 Å². The molecule has 8 heteroatoms. The van der Waals surface area contributed by atoms with Crippen molar-refractivity contribution in [2.45, 2.75) is 24.8 Å². The van der Waals surface area contributed by atoms with E-state index in [1.165, 1.54) is 56.3 Å². The minimum Gasteiger partial charge on any atom is -0.325 e. The minimum absolute atomic E-state index is 0.0668. The summed E-state index contributed by atoms with van der Waals surface area (Å²) >= 11 is 0. The number of halogens is 1. The second-order valence-corrected chi connectivity index (χ2v) is 7.14. The zero-order valence-electron chi connectivity index (χ0n) is 13.6. The van der Waals surface area contributed by atoms with Crippen LogP contribution in [0.3, 0.4) is 0 Å². The molecule has 2 aromatic carbocycles. The molecule has 2 aromatic rings. The highest BCUT2D eigenvalue weighted by molar-refractivity contribution is 7.89. The molecule has 0 aromatic heterocycles. The van der Waals surface area contributed by atoms with Crippen molar-refractivity contribution in [1.82, 2.24) is 4.72 Å². The van der Waals surface area contributed by atoms with E-state index in [9.17, 15) is 22.4 Å². The van der Waals surface area contributed by atoms with Crippen molar-refractivity contribution < 1.29 is 22.4 Å². The first-order valence-electron chi connectivity index (χ1n) is 7.39. The highest BCUT2D eigenvalue weighted by Crippen LogP contribution is 2.13. The van der Waals surface area contributed by atoms with E-state index >= 15 is 0 Å². The van der Waals surface area contributed by atoms with E-state index in [0.29, 0.717) is 5.56 Å². The van der Waals surface area contributed by atoms with Gasteiger partial charge >= 0.3 is 0 Å². The molecule has 0 fully saturated rings. The van der Waals surface area contributed by atoms with Crippen molar-refractivity contribution in [3.63, 3.8) is 0 Å². The van der Waals surface area contributed by atoms with E-state index in [1.54, 1.807) is 0 Å². The summed E-state index contributed by atoms with van der Waals surface area (Å²) in [6.07, 6.45) is 0.